The molecule has 5 nitrogen and oxygen atoms in total. The van der Waals surface area contributed by atoms with Gasteiger partial charge in [0.05, 0.1) is 5.57 Å². The average molecular weight is 396 g/mol. The van der Waals surface area contributed by atoms with Crippen LogP contribution >= 0.6 is 34.5 Å². The van der Waals surface area contributed by atoms with Gasteiger partial charge >= 0.3 is 5.97 Å². The Morgan fingerprint density at radius 1 is 1.40 bits per heavy atom. The molecule has 0 spiro atoms. The van der Waals surface area contributed by atoms with Gasteiger partial charge in [0.25, 0.3) is 0 Å². The second-order valence-corrected chi connectivity index (χ2v) is 7.15. The van der Waals surface area contributed by atoms with E-state index in [1.54, 1.807) is 31.3 Å². The molecule has 1 aliphatic heterocycles. The molecule has 1 aromatic heterocycles. The quantitative estimate of drug-likeness (QED) is 0.818. The molecule has 1 unspecified atom stereocenters. The predicted octanol–water partition coefficient (Wildman–Crippen LogP) is 4.63. The van der Waals surface area contributed by atoms with E-state index in [1.165, 1.54) is 11.3 Å². The summed E-state index contributed by atoms with van der Waals surface area (Å²) < 4.78 is 0. The number of hydrogen-bond acceptors (Lipinski definition) is 5. The van der Waals surface area contributed by atoms with Gasteiger partial charge in [-0.2, -0.15) is 0 Å². The largest absolute Gasteiger partial charge is 0.478 e. The maximum atomic E-state index is 11.9. The number of aromatic nitrogens is 1. The number of allylic oxidation sites excluding steroid dienone is 1. The van der Waals surface area contributed by atoms with E-state index in [1.807, 2.05) is 17.2 Å². The summed E-state index contributed by atoms with van der Waals surface area (Å²) in [6, 6.07) is 4.28. The summed E-state index contributed by atoms with van der Waals surface area (Å²) in [5.41, 5.74) is 1.44. The summed E-state index contributed by atoms with van der Waals surface area (Å²) in [6.45, 7) is 4.32. The van der Waals surface area contributed by atoms with Gasteiger partial charge in [0.1, 0.15) is 6.04 Å². The molecule has 0 radical (unpaired) electrons. The van der Waals surface area contributed by atoms with Gasteiger partial charge in [-0.25, -0.2) is 9.78 Å². The minimum Gasteiger partial charge on any atom is -0.478 e. The minimum absolute atomic E-state index is 0.200. The summed E-state index contributed by atoms with van der Waals surface area (Å²) >= 11 is 13.8. The Kier molecular flexibility index (Phi) is 5.13. The highest BCUT2D eigenvalue weighted by molar-refractivity contribution is 7.11. The Morgan fingerprint density at radius 2 is 2.16 bits per heavy atom. The zero-order valence-corrected chi connectivity index (χ0v) is 15.9. The van der Waals surface area contributed by atoms with Gasteiger partial charge in [0.15, 0.2) is 10.8 Å². The van der Waals surface area contributed by atoms with Crippen molar-refractivity contribution in [1.29, 1.82) is 0 Å². The third kappa shape index (κ3) is 3.29. The Balaban J connectivity index is 2.21. The topological polar surface area (TPSA) is 65.8 Å². The normalized spacial score (nSPS) is 17.7. The Morgan fingerprint density at radius 3 is 2.72 bits per heavy atom. The summed E-state index contributed by atoms with van der Waals surface area (Å²) in [7, 11) is 0. The van der Waals surface area contributed by atoms with Crippen LogP contribution in [0.15, 0.2) is 46.0 Å². The summed E-state index contributed by atoms with van der Waals surface area (Å²) in [6.07, 6.45) is 1.70. The lowest BCUT2D eigenvalue weighted by atomic mass is 9.95. The molecule has 8 heteroatoms. The zero-order chi connectivity index (χ0) is 18.1. The monoisotopic (exact) mass is 395 g/mol. The summed E-state index contributed by atoms with van der Waals surface area (Å²) in [4.78, 5) is 22.9. The molecule has 0 bridgehead atoms. The number of aliphatic imine (C=N–C) groups is 1. The molecule has 2 aromatic rings. The maximum absolute atomic E-state index is 11.9. The van der Waals surface area contributed by atoms with Crippen LogP contribution in [0.25, 0.3) is 0 Å². The van der Waals surface area contributed by atoms with Crippen molar-refractivity contribution in [2.45, 2.75) is 19.9 Å². The smallest absolute Gasteiger partial charge is 0.335 e. The van der Waals surface area contributed by atoms with Gasteiger partial charge < -0.3 is 10.0 Å². The molecule has 1 atom stereocenters. The van der Waals surface area contributed by atoms with Crippen molar-refractivity contribution < 1.29 is 9.90 Å². The lowest BCUT2D eigenvalue weighted by Gasteiger charge is -2.33. The van der Waals surface area contributed by atoms with Gasteiger partial charge in [-0.15, -0.1) is 11.3 Å². The highest BCUT2D eigenvalue weighted by atomic mass is 35.5. The molecule has 0 amide bonds. The van der Waals surface area contributed by atoms with Gasteiger partial charge in [-0.3, -0.25) is 4.99 Å². The van der Waals surface area contributed by atoms with Crippen molar-refractivity contribution in [3.05, 3.63) is 61.7 Å². The molecule has 25 heavy (non-hydrogen) atoms. The first kappa shape index (κ1) is 17.9. The van der Waals surface area contributed by atoms with Crippen LogP contribution in [-0.2, 0) is 4.79 Å². The Bertz CT molecular complexity index is 878. The van der Waals surface area contributed by atoms with Crippen LogP contribution in [0.5, 0.6) is 0 Å². The third-order valence-electron chi connectivity index (χ3n) is 4.00. The maximum Gasteiger partial charge on any atom is 0.335 e. The van der Waals surface area contributed by atoms with Crippen molar-refractivity contribution >= 4 is 46.3 Å². The van der Waals surface area contributed by atoms with Crippen molar-refractivity contribution in [3.63, 3.8) is 0 Å². The second-order valence-electron chi connectivity index (χ2n) is 5.41. The van der Waals surface area contributed by atoms with E-state index in [0.717, 1.165) is 5.01 Å². The molecular formula is C17H15Cl2N3O2S. The number of halogens is 2. The third-order valence-corrected chi connectivity index (χ3v) is 5.33. The number of amidine groups is 1. The molecule has 130 valence electrons. The van der Waals surface area contributed by atoms with Gasteiger partial charge in [-0.05, 0) is 26.0 Å². The molecule has 0 saturated heterocycles. The molecular weight excluding hydrogens is 381 g/mol. The second kappa shape index (κ2) is 7.15. The van der Waals surface area contributed by atoms with Crippen LogP contribution in [0.4, 0.5) is 0 Å². The fourth-order valence-corrected chi connectivity index (χ4v) is 4.02. The lowest BCUT2D eigenvalue weighted by molar-refractivity contribution is -0.133. The van der Waals surface area contributed by atoms with Crippen LogP contribution in [0.2, 0.25) is 10.0 Å². The number of thiazole rings is 1. The van der Waals surface area contributed by atoms with Crippen molar-refractivity contribution in [2.24, 2.45) is 4.99 Å². The SMILES string of the molecule is CCN1C(c2nccs2)=NC(c2ccc(Cl)cc2Cl)C(C(=O)O)=C1C. The van der Waals surface area contributed by atoms with Crippen LogP contribution in [0.1, 0.15) is 30.5 Å². The van der Waals surface area contributed by atoms with E-state index < -0.39 is 12.0 Å². The predicted molar refractivity (Wildman–Crippen MR) is 101 cm³/mol. The number of hydrogen-bond donors (Lipinski definition) is 1. The molecule has 0 aliphatic carbocycles. The lowest BCUT2D eigenvalue weighted by Crippen LogP contribution is -2.36. The first-order valence-electron chi connectivity index (χ1n) is 7.58. The van der Waals surface area contributed by atoms with Crippen LogP contribution in [0, 0.1) is 0 Å². The standard InChI is InChI=1S/C17H15Cl2N3O2S/c1-3-22-9(2)13(17(23)24)14(11-5-4-10(18)8-12(11)19)21-15(22)16-20-6-7-25-16/h4-8,14H,3H2,1-2H3,(H,23,24). The molecule has 0 fully saturated rings. The van der Waals surface area contributed by atoms with Crippen LogP contribution in [0.3, 0.4) is 0 Å². The first-order chi connectivity index (χ1) is 11.9. The molecule has 0 saturated carbocycles. The van der Waals surface area contributed by atoms with Gasteiger partial charge in [0.2, 0.25) is 0 Å². The summed E-state index contributed by atoms with van der Waals surface area (Å²) in [5, 5.41) is 13.3. The fourth-order valence-electron chi connectivity index (χ4n) is 2.87. The molecule has 3 rings (SSSR count). The number of carbonyl (C=O) groups is 1. The van der Waals surface area contributed by atoms with E-state index in [0.29, 0.717) is 33.7 Å². The van der Waals surface area contributed by atoms with E-state index >= 15 is 0 Å². The van der Waals surface area contributed by atoms with E-state index in [-0.39, 0.29) is 5.57 Å². The number of benzene rings is 1. The van der Waals surface area contributed by atoms with Crippen molar-refractivity contribution in [1.82, 2.24) is 9.88 Å². The highest BCUT2D eigenvalue weighted by Crippen LogP contribution is 2.39. The van der Waals surface area contributed by atoms with Crippen molar-refractivity contribution in [3.8, 4) is 0 Å². The van der Waals surface area contributed by atoms with E-state index in [2.05, 4.69) is 4.98 Å². The first-order valence-corrected chi connectivity index (χ1v) is 9.21. The minimum atomic E-state index is -1.02. The Hall–Kier alpha value is -1.89. The van der Waals surface area contributed by atoms with Crippen LogP contribution in [-0.4, -0.2) is 33.3 Å². The number of rotatable bonds is 4. The fraction of sp³-hybridized carbons (Fsp3) is 0.235. The zero-order valence-electron chi connectivity index (χ0n) is 13.5. The summed E-state index contributed by atoms with van der Waals surface area (Å²) in [5.74, 6) is -0.370. The average Bonchev–Trinajstić information content (AvgIpc) is 3.08. The highest BCUT2D eigenvalue weighted by Gasteiger charge is 2.34. The van der Waals surface area contributed by atoms with E-state index in [9.17, 15) is 9.90 Å². The molecule has 1 aliphatic rings. The molecule has 1 N–H and O–H groups in total. The number of carboxylic acid groups (broad SMARTS) is 1. The number of aliphatic carboxylic acids is 1. The molecule has 1 aromatic carbocycles. The van der Waals surface area contributed by atoms with Crippen molar-refractivity contribution in [2.75, 3.05) is 6.54 Å². The van der Waals surface area contributed by atoms with Gasteiger partial charge in [-0.1, -0.05) is 29.3 Å². The van der Waals surface area contributed by atoms with Gasteiger partial charge in [0, 0.05) is 39.4 Å². The van der Waals surface area contributed by atoms with E-state index in [4.69, 9.17) is 28.2 Å². The molecule has 2 heterocycles. The Labute approximate surface area is 159 Å². The van der Waals surface area contributed by atoms with Crippen LogP contribution < -0.4 is 0 Å². The number of carboxylic acids is 1. The number of nitrogens with zero attached hydrogens (tertiary/aromatic N) is 3.